The maximum Gasteiger partial charge on any atom is 0.172 e. The van der Waals surface area contributed by atoms with Crippen molar-refractivity contribution in [3.8, 4) is 0 Å². The largest absolute Gasteiger partial charge is 0.385 e. The number of Topliss-reactive ketones (excluding diaryl/α,β-unsaturated/α-hetero) is 2. The molecule has 1 saturated carbocycles. The van der Waals surface area contributed by atoms with E-state index in [-0.39, 0.29) is 18.0 Å². The molecule has 0 aromatic rings. The maximum atomic E-state index is 11.2. The van der Waals surface area contributed by atoms with E-state index in [1.54, 1.807) is 0 Å². The summed E-state index contributed by atoms with van der Waals surface area (Å²) in [6, 6.07) is 0. The fourth-order valence-corrected chi connectivity index (χ4v) is 1.73. The van der Waals surface area contributed by atoms with Gasteiger partial charge < -0.3 is 5.11 Å². The Bertz CT molecular complexity index is 210. The molecular formula is C10H16O3. The topological polar surface area (TPSA) is 54.4 Å². The van der Waals surface area contributed by atoms with Crippen molar-refractivity contribution < 1.29 is 14.7 Å². The Balaban J connectivity index is 2.40. The first-order valence-electron chi connectivity index (χ1n) is 4.91. The molecule has 3 heteroatoms. The maximum absolute atomic E-state index is 11.2. The Morgan fingerprint density at radius 2 is 2.08 bits per heavy atom. The molecule has 0 aliphatic heterocycles. The SMILES string of the molecule is CCCCCC1C(=O)CC(O)C1=O. The van der Waals surface area contributed by atoms with Crippen molar-refractivity contribution in [2.24, 2.45) is 5.92 Å². The summed E-state index contributed by atoms with van der Waals surface area (Å²) in [6.45, 7) is 2.08. The summed E-state index contributed by atoms with van der Waals surface area (Å²) in [5, 5.41) is 9.12. The van der Waals surface area contributed by atoms with Crippen molar-refractivity contribution in [2.45, 2.75) is 45.1 Å². The molecule has 1 aliphatic rings. The number of hydrogen-bond donors (Lipinski definition) is 1. The van der Waals surface area contributed by atoms with Crippen LogP contribution in [0, 0.1) is 5.92 Å². The van der Waals surface area contributed by atoms with Gasteiger partial charge in [0.2, 0.25) is 0 Å². The van der Waals surface area contributed by atoms with Crippen molar-refractivity contribution in [2.75, 3.05) is 0 Å². The Hall–Kier alpha value is -0.700. The first-order valence-corrected chi connectivity index (χ1v) is 4.91. The molecule has 0 amide bonds. The minimum absolute atomic E-state index is 0.0373. The van der Waals surface area contributed by atoms with Gasteiger partial charge in [-0.15, -0.1) is 0 Å². The van der Waals surface area contributed by atoms with Crippen molar-refractivity contribution >= 4 is 11.6 Å². The molecule has 0 saturated heterocycles. The lowest BCUT2D eigenvalue weighted by Crippen LogP contribution is -2.19. The predicted molar refractivity (Wildman–Crippen MR) is 48.3 cm³/mol. The number of unbranched alkanes of at least 4 members (excludes halogenated alkanes) is 2. The molecule has 13 heavy (non-hydrogen) atoms. The Labute approximate surface area is 78.1 Å². The van der Waals surface area contributed by atoms with E-state index >= 15 is 0 Å². The van der Waals surface area contributed by atoms with Crippen LogP contribution in [0.1, 0.15) is 39.0 Å². The van der Waals surface area contributed by atoms with E-state index in [1.807, 2.05) is 0 Å². The average molecular weight is 184 g/mol. The molecule has 2 unspecified atom stereocenters. The van der Waals surface area contributed by atoms with Crippen LogP contribution in [0.5, 0.6) is 0 Å². The van der Waals surface area contributed by atoms with E-state index < -0.39 is 12.0 Å². The highest BCUT2D eigenvalue weighted by atomic mass is 16.3. The number of rotatable bonds is 4. The third kappa shape index (κ3) is 2.37. The standard InChI is InChI=1S/C10H16O3/c1-2-3-4-5-7-8(11)6-9(12)10(7)13/h7,9,12H,2-6H2,1H3. The second-order valence-corrected chi connectivity index (χ2v) is 3.64. The normalized spacial score (nSPS) is 28.5. The summed E-state index contributed by atoms with van der Waals surface area (Å²) in [5.74, 6) is -0.837. The molecule has 0 heterocycles. The van der Waals surface area contributed by atoms with Crippen LogP contribution < -0.4 is 0 Å². The van der Waals surface area contributed by atoms with Gasteiger partial charge in [0.1, 0.15) is 11.9 Å². The zero-order valence-electron chi connectivity index (χ0n) is 7.95. The van der Waals surface area contributed by atoms with Crippen molar-refractivity contribution in [1.82, 2.24) is 0 Å². The fourth-order valence-electron chi connectivity index (χ4n) is 1.73. The molecule has 0 aromatic heterocycles. The Morgan fingerprint density at radius 1 is 1.38 bits per heavy atom. The first kappa shape index (κ1) is 10.4. The number of aliphatic hydroxyl groups excluding tert-OH is 1. The van der Waals surface area contributed by atoms with Crippen LogP contribution in [0.2, 0.25) is 0 Å². The number of ketones is 2. The average Bonchev–Trinajstić information content (AvgIpc) is 2.32. The summed E-state index contributed by atoms with van der Waals surface area (Å²) >= 11 is 0. The lowest BCUT2D eigenvalue weighted by molar-refractivity contribution is -0.130. The Morgan fingerprint density at radius 3 is 2.54 bits per heavy atom. The highest BCUT2D eigenvalue weighted by Crippen LogP contribution is 2.23. The van der Waals surface area contributed by atoms with Crippen LogP contribution in [0.25, 0.3) is 0 Å². The minimum Gasteiger partial charge on any atom is -0.385 e. The van der Waals surface area contributed by atoms with Crippen molar-refractivity contribution in [3.63, 3.8) is 0 Å². The molecule has 2 atom stereocenters. The zero-order valence-corrected chi connectivity index (χ0v) is 7.95. The van der Waals surface area contributed by atoms with Gasteiger partial charge in [-0.2, -0.15) is 0 Å². The van der Waals surface area contributed by atoms with Crippen LogP contribution in [0.3, 0.4) is 0 Å². The van der Waals surface area contributed by atoms with Gasteiger partial charge in [-0.1, -0.05) is 26.2 Å². The van der Waals surface area contributed by atoms with Crippen molar-refractivity contribution in [3.05, 3.63) is 0 Å². The first-order chi connectivity index (χ1) is 6.16. The number of carbonyl (C=O) groups is 2. The highest BCUT2D eigenvalue weighted by molar-refractivity contribution is 6.11. The quantitative estimate of drug-likeness (QED) is 0.525. The Kier molecular flexibility index (Phi) is 3.60. The molecule has 0 spiro atoms. The van der Waals surface area contributed by atoms with Gasteiger partial charge in [-0.05, 0) is 6.42 Å². The summed E-state index contributed by atoms with van der Waals surface area (Å²) in [6.07, 6.45) is 2.69. The molecular weight excluding hydrogens is 168 g/mol. The van der Waals surface area contributed by atoms with Gasteiger partial charge in [0.15, 0.2) is 5.78 Å². The fraction of sp³-hybridized carbons (Fsp3) is 0.800. The van der Waals surface area contributed by atoms with Crippen LogP contribution >= 0.6 is 0 Å². The monoisotopic (exact) mass is 184 g/mol. The molecule has 0 aromatic carbocycles. The molecule has 1 N–H and O–H groups in total. The van der Waals surface area contributed by atoms with Crippen LogP contribution in [-0.4, -0.2) is 22.8 Å². The van der Waals surface area contributed by atoms with E-state index in [0.29, 0.717) is 6.42 Å². The van der Waals surface area contributed by atoms with E-state index in [4.69, 9.17) is 5.11 Å². The minimum atomic E-state index is -1.01. The lowest BCUT2D eigenvalue weighted by Gasteiger charge is -2.05. The number of carbonyl (C=O) groups excluding carboxylic acids is 2. The van der Waals surface area contributed by atoms with Gasteiger partial charge in [0.25, 0.3) is 0 Å². The van der Waals surface area contributed by atoms with Gasteiger partial charge in [-0.25, -0.2) is 0 Å². The predicted octanol–water partition coefficient (Wildman–Crippen LogP) is 1.09. The highest BCUT2D eigenvalue weighted by Gasteiger charge is 2.39. The summed E-state index contributed by atoms with van der Waals surface area (Å²) < 4.78 is 0. The summed E-state index contributed by atoms with van der Waals surface area (Å²) in [7, 11) is 0. The van der Waals surface area contributed by atoms with Gasteiger partial charge in [0, 0.05) is 6.42 Å². The number of aliphatic hydroxyl groups is 1. The van der Waals surface area contributed by atoms with Crippen LogP contribution in [-0.2, 0) is 9.59 Å². The molecule has 74 valence electrons. The van der Waals surface area contributed by atoms with Crippen LogP contribution in [0.15, 0.2) is 0 Å². The summed E-state index contributed by atoms with van der Waals surface area (Å²) in [5.41, 5.74) is 0. The van der Waals surface area contributed by atoms with E-state index in [2.05, 4.69) is 6.92 Å². The van der Waals surface area contributed by atoms with Crippen molar-refractivity contribution in [1.29, 1.82) is 0 Å². The smallest absolute Gasteiger partial charge is 0.172 e. The van der Waals surface area contributed by atoms with E-state index in [0.717, 1.165) is 19.3 Å². The molecule has 0 bridgehead atoms. The van der Waals surface area contributed by atoms with E-state index in [1.165, 1.54) is 0 Å². The molecule has 3 nitrogen and oxygen atoms in total. The van der Waals surface area contributed by atoms with Gasteiger partial charge >= 0.3 is 0 Å². The van der Waals surface area contributed by atoms with Gasteiger partial charge in [-0.3, -0.25) is 9.59 Å². The van der Waals surface area contributed by atoms with E-state index in [9.17, 15) is 9.59 Å². The lowest BCUT2D eigenvalue weighted by atomic mass is 9.98. The second-order valence-electron chi connectivity index (χ2n) is 3.64. The molecule has 1 aliphatic carbocycles. The van der Waals surface area contributed by atoms with Gasteiger partial charge in [0.05, 0.1) is 5.92 Å². The summed E-state index contributed by atoms with van der Waals surface area (Å²) in [4.78, 5) is 22.4. The third-order valence-electron chi connectivity index (χ3n) is 2.55. The molecule has 1 rings (SSSR count). The molecule has 1 fully saturated rings. The van der Waals surface area contributed by atoms with Crippen LogP contribution in [0.4, 0.5) is 0 Å². The zero-order chi connectivity index (χ0) is 9.84. The number of hydrogen-bond acceptors (Lipinski definition) is 3. The third-order valence-corrected chi connectivity index (χ3v) is 2.55. The second kappa shape index (κ2) is 4.51. The molecule has 0 radical (unpaired) electrons.